The molecule has 1 N–H and O–H groups in total. The van der Waals surface area contributed by atoms with Gasteiger partial charge in [0.15, 0.2) is 0 Å². The van der Waals surface area contributed by atoms with Crippen LogP contribution in [0.15, 0.2) is 18.2 Å². The van der Waals surface area contributed by atoms with E-state index >= 15 is 0 Å². The van der Waals surface area contributed by atoms with Gasteiger partial charge >= 0.3 is 0 Å². The molecule has 2 nitrogen and oxygen atoms in total. The fraction of sp³-hybridized carbons (Fsp3) is 0.462. The molecule has 2 aliphatic rings. The van der Waals surface area contributed by atoms with Crippen LogP contribution in [0.2, 0.25) is 5.02 Å². The Morgan fingerprint density at radius 2 is 2.29 bits per heavy atom. The minimum Gasteiger partial charge on any atom is -0.311 e. The Morgan fingerprint density at radius 1 is 1.35 bits per heavy atom. The first-order chi connectivity index (χ1) is 8.29. The highest BCUT2D eigenvalue weighted by Gasteiger charge is 2.41. The van der Waals surface area contributed by atoms with Gasteiger partial charge in [-0.15, -0.1) is 11.3 Å². The fourth-order valence-corrected chi connectivity index (χ4v) is 4.59. The SMILES string of the molecule is Clc1ccc2nc(C3CC4CCC3N4)sc2c1. The number of nitrogens with zero attached hydrogens (tertiary/aromatic N) is 1. The topological polar surface area (TPSA) is 24.9 Å². The van der Waals surface area contributed by atoms with Gasteiger partial charge in [-0.05, 0) is 37.5 Å². The molecule has 4 rings (SSSR count). The van der Waals surface area contributed by atoms with E-state index in [4.69, 9.17) is 16.6 Å². The molecule has 0 spiro atoms. The molecule has 3 unspecified atom stereocenters. The molecular weight excluding hydrogens is 252 g/mol. The minimum atomic E-state index is 0.630. The fourth-order valence-electron chi connectivity index (χ4n) is 3.17. The predicted octanol–water partition coefficient (Wildman–Crippen LogP) is 3.56. The largest absolute Gasteiger partial charge is 0.311 e. The van der Waals surface area contributed by atoms with Crippen molar-refractivity contribution in [2.45, 2.75) is 37.3 Å². The third-order valence-electron chi connectivity index (χ3n) is 3.98. The van der Waals surface area contributed by atoms with Gasteiger partial charge in [0.25, 0.3) is 0 Å². The molecule has 0 saturated carbocycles. The number of aromatic nitrogens is 1. The number of fused-ring (bicyclic) bond motifs is 3. The van der Waals surface area contributed by atoms with E-state index in [1.165, 1.54) is 29.0 Å². The van der Waals surface area contributed by atoms with Gasteiger partial charge in [-0.1, -0.05) is 11.6 Å². The molecule has 0 aliphatic carbocycles. The molecule has 4 heteroatoms. The Bertz CT molecular complexity index is 580. The zero-order valence-electron chi connectivity index (χ0n) is 9.32. The third kappa shape index (κ3) is 1.60. The second kappa shape index (κ2) is 3.67. The highest BCUT2D eigenvalue weighted by Crippen LogP contribution is 2.42. The van der Waals surface area contributed by atoms with Gasteiger partial charge in [0.2, 0.25) is 0 Å². The van der Waals surface area contributed by atoms with Crippen molar-refractivity contribution in [1.82, 2.24) is 10.3 Å². The second-order valence-corrected chi connectivity index (χ2v) is 6.55. The first-order valence-electron chi connectivity index (χ1n) is 6.11. The van der Waals surface area contributed by atoms with Gasteiger partial charge < -0.3 is 5.32 Å². The molecule has 2 fully saturated rings. The first-order valence-corrected chi connectivity index (χ1v) is 7.31. The molecule has 17 heavy (non-hydrogen) atoms. The van der Waals surface area contributed by atoms with Gasteiger partial charge in [0.05, 0.1) is 15.2 Å². The lowest BCUT2D eigenvalue weighted by atomic mass is 9.90. The molecule has 2 saturated heterocycles. The lowest BCUT2D eigenvalue weighted by Gasteiger charge is -2.16. The van der Waals surface area contributed by atoms with Crippen molar-refractivity contribution < 1.29 is 0 Å². The van der Waals surface area contributed by atoms with E-state index in [0.717, 1.165) is 16.6 Å². The summed E-state index contributed by atoms with van der Waals surface area (Å²) in [5.41, 5.74) is 1.09. The lowest BCUT2D eigenvalue weighted by molar-refractivity contribution is 0.505. The maximum atomic E-state index is 6.02. The Balaban J connectivity index is 1.76. The van der Waals surface area contributed by atoms with Crippen LogP contribution in [0.3, 0.4) is 0 Å². The van der Waals surface area contributed by atoms with Crippen molar-refractivity contribution in [3.05, 3.63) is 28.2 Å². The summed E-state index contributed by atoms with van der Waals surface area (Å²) in [6.45, 7) is 0. The van der Waals surface area contributed by atoms with Gasteiger partial charge in [0.1, 0.15) is 0 Å². The minimum absolute atomic E-state index is 0.630. The summed E-state index contributed by atoms with van der Waals surface area (Å²) in [7, 11) is 0. The summed E-state index contributed by atoms with van der Waals surface area (Å²) in [6.07, 6.45) is 3.92. The van der Waals surface area contributed by atoms with Crippen LogP contribution in [0.4, 0.5) is 0 Å². The van der Waals surface area contributed by atoms with E-state index in [-0.39, 0.29) is 0 Å². The van der Waals surface area contributed by atoms with Crippen LogP contribution in [-0.2, 0) is 0 Å². The molecule has 3 atom stereocenters. The van der Waals surface area contributed by atoms with E-state index < -0.39 is 0 Å². The van der Waals surface area contributed by atoms with Gasteiger partial charge in [-0.25, -0.2) is 4.98 Å². The molecule has 2 bridgehead atoms. The molecule has 3 heterocycles. The van der Waals surface area contributed by atoms with Crippen LogP contribution in [0, 0.1) is 0 Å². The summed E-state index contributed by atoms with van der Waals surface area (Å²) < 4.78 is 1.22. The van der Waals surface area contributed by atoms with Crippen molar-refractivity contribution in [1.29, 1.82) is 0 Å². The predicted molar refractivity (Wildman–Crippen MR) is 71.9 cm³/mol. The van der Waals surface area contributed by atoms with E-state index in [9.17, 15) is 0 Å². The highest BCUT2D eigenvalue weighted by atomic mass is 35.5. The summed E-state index contributed by atoms with van der Waals surface area (Å²) in [4.78, 5) is 4.77. The summed E-state index contributed by atoms with van der Waals surface area (Å²) >= 11 is 7.83. The van der Waals surface area contributed by atoms with Crippen molar-refractivity contribution in [3.63, 3.8) is 0 Å². The van der Waals surface area contributed by atoms with Crippen molar-refractivity contribution in [2.75, 3.05) is 0 Å². The highest BCUT2D eigenvalue weighted by molar-refractivity contribution is 7.18. The van der Waals surface area contributed by atoms with Crippen LogP contribution in [-0.4, -0.2) is 17.1 Å². The molecular formula is C13H13ClN2S. The van der Waals surface area contributed by atoms with E-state index in [0.29, 0.717) is 12.0 Å². The summed E-state index contributed by atoms with van der Waals surface area (Å²) in [5.74, 6) is 0.630. The first kappa shape index (κ1) is 10.3. The monoisotopic (exact) mass is 264 g/mol. The zero-order chi connectivity index (χ0) is 11.4. The van der Waals surface area contributed by atoms with E-state index in [2.05, 4.69) is 5.32 Å². The van der Waals surface area contributed by atoms with E-state index in [1.54, 1.807) is 0 Å². The number of halogens is 1. The Hall–Kier alpha value is -0.640. The Morgan fingerprint density at radius 3 is 3.06 bits per heavy atom. The molecule has 2 aliphatic heterocycles. The molecule has 1 aromatic heterocycles. The summed E-state index contributed by atoms with van der Waals surface area (Å²) in [5, 5.41) is 5.77. The molecule has 88 valence electrons. The number of benzene rings is 1. The average Bonchev–Trinajstić information content (AvgIpc) is 3.01. The van der Waals surface area contributed by atoms with Gasteiger partial charge in [-0.3, -0.25) is 0 Å². The van der Waals surface area contributed by atoms with Gasteiger partial charge in [0, 0.05) is 23.0 Å². The number of thiazole rings is 1. The number of hydrogen-bond acceptors (Lipinski definition) is 3. The van der Waals surface area contributed by atoms with E-state index in [1.807, 2.05) is 29.5 Å². The lowest BCUT2D eigenvalue weighted by Crippen LogP contribution is -2.21. The Kier molecular flexibility index (Phi) is 2.23. The van der Waals surface area contributed by atoms with Crippen LogP contribution < -0.4 is 5.32 Å². The van der Waals surface area contributed by atoms with Crippen LogP contribution >= 0.6 is 22.9 Å². The number of nitrogens with one attached hydrogen (secondary N) is 1. The second-order valence-electron chi connectivity index (χ2n) is 5.05. The zero-order valence-corrected chi connectivity index (χ0v) is 10.9. The third-order valence-corrected chi connectivity index (χ3v) is 5.37. The maximum Gasteiger partial charge on any atom is 0.0985 e. The molecule has 0 radical (unpaired) electrons. The normalized spacial score (nSPS) is 31.5. The molecule has 0 amide bonds. The Labute approximate surface area is 109 Å². The standard InChI is InChI=1S/C13H13ClN2S/c14-7-1-3-11-12(5-7)17-13(16-11)9-6-8-2-4-10(9)15-8/h1,3,5,8-10,15H,2,4,6H2. The summed E-state index contributed by atoms with van der Waals surface area (Å²) in [6, 6.07) is 7.38. The van der Waals surface area contributed by atoms with Crippen molar-refractivity contribution in [2.24, 2.45) is 0 Å². The average molecular weight is 265 g/mol. The molecule has 2 aromatic rings. The molecule has 1 aromatic carbocycles. The van der Waals surface area contributed by atoms with Gasteiger partial charge in [-0.2, -0.15) is 0 Å². The maximum absolute atomic E-state index is 6.02. The van der Waals surface area contributed by atoms with Crippen LogP contribution in [0.1, 0.15) is 30.2 Å². The van der Waals surface area contributed by atoms with Crippen LogP contribution in [0.5, 0.6) is 0 Å². The van der Waals surface area contributed by atoms with Crippen molar-refractivity contribution >= 4 is 33.2 Å². The van der Waals surface area contributed by atoms with Crippen molar-refractivity contribution in [3.8, 4) is 0 Å². The quantitative estimate of drug-likeness (QED) is 0.852. The number of rotatable bonds is 1. The smallest absolute Gasteiger partial charge is 0.0985 e. The number of hydrogen-bond donors (Lipinski definition) is 1. The van der Waals surface area contributed by atoms with Crippen LogP contribution in [0.25, 0.3) is 10.2 Å².